The van der Waals surface area contributed by atoms with Gasteiger partial charge in [0.05, 0.1) is 5.92 Å². The SMILES string of the molecule is CC[C@@H](C(=O)N1CCN(Cc2ccc3c(c2)OCO3)CC1)c1ccccc1. The van der Waals surface area contributed by atoms with E-state index < -0.39 is 0 Å². The highest BCUT2D eigenvalue weighted by Crippen LogP contribution is 2.33. The summed E-state index contributed by atoms with van der Waals surface area (Å²) in [5.74, 6) is 1.87. The van der Waals surface area contributed by atoms with E-state index in [0.717, 1.165) is 56.2 Å². The standard InChI is InChI=1S/C22H26N2O3/c1-2-19(18-6-4-3-5-7-18)22(25)24-12-10-23(11-13-24)15-17-8-9-20-21(14-17)27-16-26-20/h3-9,14,19H,2,10-13,15-16H2,1H3/t19-/m1/s1. The Bertz CT molecular complexity index is 785. The largest absolute Gasteiger partial charge is 0.454 e. The third-order valence-electron chi connectivity index (χ3n) is 5.44. The Labute approximate surface area is 160 Å². The van der Waals surface area contributed by atoms with Gasteiger partial charge in [-0.25, -0.2) is 0 Å². The summed E-state index contributed by atoms with van der Waals surface area (Å²) in [6.45, 7) is 6.62. The first-order valence-electron chi connectivity index (χ1n) is 9.69. The van der Waals surface area contributed by atoms with Gasteiger partial charge in [-0.2, -0.15) is 0 Å². The molecule has 2 aromatic rings. The quantitative estimate of drug-likeness (QED) is 0.815. The maximum Gasteiger partial charge on any atom is 0.231 e. The molecule has 1 saturated heterocycles. The highest BCUT2D eigenvalue weighted by molar-refractivity contribution is 5.83. The van der Waals surface area contributed by atoms with Crippen molar-refractivity contribution < 1.29 is 14.3 Å². The molecule has 1 amide bonds. The van der Waals surface area contributed by atoms with Gasteiger partial charge in [-0.3, -0.25) is 9.69 Å². The van der Waals surface area contributed by atoms with Gasteiger partial charge in [0, 0.05) is 32.7 Å². The fraction of sp³-hybridized carbons (Fsp3) is 0.409. The summed E-state index contributed by atoms with van der Waals surface area (Å²) in [5, 5.41) is 0. The fourth-order valence-corrected chi connectivity index (χ4v) is 3.88. The van der Waals surface area contributed by atoms with Gasteiger partial charge in [0.15, 0.2) is 11.5 Å². The van der Waals surface area contributed by atoms with Crippen LogP contribution in [0.15, 0.2) is 48.5 Å². The van der Waals surface area contributed by atoms with Gasteiger partial charge in [-0.05, 0) is 29.7 Å². The van der Waals surface area contributed by atoms with Crippen LogP contribution in [-0.4, -0.2) is 48.7 Å². The third kappa shape index (κ3) is 3.93. The molecule has 0 unspecified atom stereocenters. The van der Waals surface area contributed by atoms with Crippen LogP contribution >= 0.6 is 0 Å². The second-order valence-corrected chi connectivity index (χ2v) is 7.16. The fourth-order valence-electron chi connectivity index (χ4n) is 3.88. The van der Waals surface area contributed by atoms with Crippen molar-refractivity contribution in [3.05, 3.63) is 59.7 Å². The van der Waals surface area contributed by atoms with E-state index in [1.807, 2.05) is 29.2 Å². The molecule has 0 radical (unpaired) electrons. The van der Waals surface area contributed by atoms with E-state index in [4.69, 9.17) is 9.47 Å². The van der Waals surface area contributed by atoms with Gasteiger partial charge in [0.2, 0.25) is 12.7 Å². The van der Waals surface area contributed by atoms with Crippen molar-refractivity contribution >= 4 is 5.91 Å². The van der Waals surface area contributed by atoms with Gasteiger partial charge in [-0.1, -0.05) is 43.3 Å². The second-order valence-electron chi connectivity index (χ2n) is 7.16. The summed E-state index contributed by atoms with van der Waals surface area (Å²) in [6, 6.07) is 16.3. The lowest BCUT2D eigenvalue weighted by molar-refractivity contribution is -0.134. The number of benzene rings is 2. The first-order chi connectivity index (χ1) is 13.2. The smallest absolute Gasteiger partial charge is 0.231 e. The molecule has 0 spiro atoms. The zero-order valence-electron chi connectivity index (χ0n) is 15.8. The van der Waals surface area contributed by atoms with Crippen LogP contribution in [0, 0.1) is 0 Å². The van der Waals surface area contributed by atoms with E-state index in [-0.39, 0.29) is 11.8 Å². The summed E-state index contributed by atoms with van der Waals surface area (Å²) >= 11 is 0. The van der Waals surface area contributed by atoms with Crippen molar-refractivity contribution in [2.24, 2.45) is 0 Å². The summed E-state index contributed by atoms with van der Waals surface area (Å²) in [6.07, 6.45) is 0.834. The molecule has 0 bridgehead atoms. The predicted molar refractivity (Wildman–Crippen MR) is 104 cm³/mol. The molecular formula is C22H26N2O3. The minimum absolute atomic E-state index is 0.0355. The van der Waals surface area contributed by atoms with E-state index in [9.17, 15) is 4.79 Å². The van der Waals surface area contributed by atoms with Gasteiger partial charge in [-0.15, -0.1) is 0 Å². The monoisotopic (exact) mass is 366 g/mol. The van der Waals surface area contributed by atoms with Crippen LogP contribution < -0.4 is 9.47 Å². The Balaban J connectivity index is 1.34. The molecule has 0 N–H and O–H groups in total. The number of piperazine rings is 1. The molecule has 1 fully saturated rings. The van der Waals surface area contributed by atoms with Crippen LogP contribution in [0.25, 0.3) is 0 Å². The minimum atomic E-state index is -0.0355. The molecule has 4 rings (SSSR count). The third-order valence-corrected chi connectivity index (χ3v) is 5.44. The molecule has 2 aliphatic rings. The molecule has 5 heteroatoms. The molecule has 2 aliphatic heterocycles. The molecule has 2 aromatic carbocycles. The number of hydrogen-bond acceptors (Lipinski definition) is 4. The molecule has 5 nitrogen and oxygen atoms in total. The topological polar surface area (TPSA) is 42.0 Å². The maximum absolute atomic E-state index is 13.0. The van der Waals surface area contributed by atoms with Crippen molar-refractivity contribution in [3.8, 4) is 11.5 Å². The normalized spacial score (nSPS) is 17.7. The first-order valence-corrected chi connectivity index (χ1v) is 9.69. The molecule has 1 atom stereocenters. The number of nitrogens with zero attached hydrogens (tertiary/aromatic N) is 2. The maximum atomic E-state index is 13.0. The summed E-state index contributed by atoms with van der Waals surface area (Å²) < 4.78 is 10.8. The molecule has 0 aliphatic carbocycles. The zero-order chi connectivity index (χ0) is 18.6. The zero-order valence-corrected chi connectivity index (χ0v) is 15.8. The van der Waals surface area contributed by atoms with E-state index in [1.54, 1.807) is 0 Å². The lowest BCUT2D eigenvalue weighted by Gasteiger charge is -2.36. The summed E-state index contributed by atoms with van der Waals surface area (Å²) in [7, 11) is 0. The van der Waals surface area contributed by atoms with E-state index in [1.165, 1.54) is 5.56 Å². The Hall–Kier alpha value is -2.53. The van der Waals surface area contributed by atoms with Crippen LogP contribution in [0.1, 0.15) is 30.4 Å². The van der Waals surface area contributed by atoms with Crippen LogP contribution in [-0.2, 0) is 11.3 Å². The average molecular weight is 366 g/mol. The molecule has 0 saturated carbocycles. The summed E-state index contributed by atoms with van der Waals surface area (Å²) in [4.78, 5) is 17.4. The predicted octanol–water partition coefficient (Wildman–Crippen LogP) is 3.25. The van der Waals surface area contributed by atoms with Gasteiger partial charge < -0.3 is 14.4 Å². The number of carbonyl (C=O) groups is 1. The molecular weight excluding hydrogens is 340 g/mol. The number of carbonyl (C=O) groups excluding carboxylic acids is 1. The van der Waals surface area contributed by atoms with E-state index >= 15 is 0 Å². The summed E-state index contributed by atoms with van der Waals surface area (Å²) in [5.41, 5.74) is 2.34. The van der Waals surface area contributed by atoms with Crippen LogP contribution in [0.5, 0.6) is 11.5 Å². The van der Waals surface area contributed by atoms with Crippen LogP contribution in [0.2, 0.25) is 0 Å². The Morgan fingerprint density at radius 1 is 1.00 bits per heavy atom. The van der Waals surface area contributed by atoms with Crippen molar-refractivity contribution in [1.29, 1.82) is 0 Å². The lowest BCUT2D eigenvalue weighted by Crippen LogP contribution is -2.49. The highest BCUT2D eigenvalue weighted by atomic mass is 16.7. The van der Waals surface area contributed by atoms with Crippen molar-refractivity contribution in [3.63, 3.8) is 0 Å². The van der Waals surface area contributed by atoms with Crippen molar-refractivity contribution in [1.82, 2.24) is 9.80 Å². The average Bonchev–Trinajstić information content (AvgIpc) is 3.18. The van der Waals surface area contributed by atoms with Crippen LogP contribution in [0.4, 0.5) is 0 Å². The van der Waals surface area contributed by atoms with Crippen molar-refractivity contribution in [2.75, 3.05) is 33.0 Å². The van der Waals surface area contributed by atoms with Gasteiger partial charge in [0.25, 0.3) is 0 Å². The Morgan fingerprint density at radius 3 is 2.48 bits per heavy atom. The minimum Gasteiger partial charge on any atom is -0.454 e. The number of fused-ring (bicyclic) bond motifs is 1. The second kappa shape index (κ2) is 8.01. The van der Waals surface area contributed by atoms with E-state index in [0.29, 0.717) is 6.79 Å². The van der Waals surface area contributed by atoms with E-state index in [2.05, 4.69) is 36.1 Å². The van der Waals surface area contributed by atoms with Gasteiger partial charge in [0.1, 0.15) is 0 Å². The lowest BCUT2D eigenvalue weighted by atomic mass is 9.95. The molecule has 142 valence electrons. The molecule has 2 heterocycles. The number of amides is 1. The van der Waals surface area contributed by atoms with Gasteiger partial charge >= 0.3 is 0 Å². The number of ether oxygens (including phenoxy) is 2. The number of rotatable bonds is 5. The van der Waals surface area contributed by atoms with Crippen molar-refractivity contribution in [2.45, 2.75) is 25.8 Å². The Kier molecular flexibility index (Phi) is 5.30. The Morgan fingerprint density at radius 2 is 1.74 bits per heavy atom. The number of hydrogen-bond donors (Lipinski definition) is 0. The van der Waals surface area contributed by atoms with Crippen LogP contribution in [0.3, 0.4) is 0 Å². The molecule has 27 heavy (non-hydrogen) atoms. The highest BCUT2D eigenvalue weighted by Gasteiger charge is 2.27. The molecule has 0 aromatic heterocycles. The first kappa shape index (κ1) is 17.9.